The second-order valence-electron chi connectivity index (χ2n) is 12.0. The van der Waals surface area contributed by atoms with Crippen molar-refractivity contribution < 1.29 is 10.2 Å². The maximum Gasteiger partial charge on any atom is 0.0591 e. The van der Waals surface area contributed by atoms with Crippen molar-refractivity contribution in [3.63, 3.8) is 0 Å². The maximum atomic E-state index is 10.2. The fraction of sp³-hybridized carbons (Fsp3) is 0.923. The molecule has 0 aromatic rings. The molecule has 0 spiro atoms. The first-order valence-electron chi connectivity index (χ1n) is 12.2. The van der Waals surface area contributed by atoms with E-state index in [9.17, 15) is 10.2 Å². The summed E-state index contributed by atoms with van der Waals surface area (Å²) in [5.74, 6) is 3.54. The van der Waals surface area contributed by atoms with Crippen molar-refractivity contribution in [2.45, 2.75) is 116 Å². The van der Waals surface area contributed by atoms with E-state index in [4.69, 9.17) is 0 Å². The molecule has 0 heterocycles. The minimum Gasteiger partial charge on any atom is -0.393 e. The van der Waals surface area contributed by atoms with Crippen molar-refractivity contribution in [2.75, 3.05) is 0 Å². The Morgan fingerprint density at radius 2 is 1.82 bits per heavy atom. The molecule has 28 heavy (non-hydrogen) atoms. The average molecular weight is 389 g/mol. The molecule has 6 unspecified atom stereocenters. The van der Waals surface area contributed by atoms with Gasteiger partial charge in [0.2, 0.25) is 0 Å². The number of unbranched alkanes of at least 4 members (excludes halogenated alkanes) is 1. The summed E-state index contributed by atoms with van der Waals surface area (Å²) in [6.45, 7) is 9.05. The number of hydrogen-bond acceptors (Lipinski definition) is 2. The largest absolute Gasteiger partial charge is 0.393 e. The first kappa shape index (κ1) is 20.9. The minimum atomic E-state index is -0.505. The van der Waals surface area contributed by atoms with Crippen LogP contribution in [0.15, 0.2) is 11.6 Å². The monoisotopic (exact) mass is 388 g/mol. The normalized spacial score (nSPS) is 45.8. The van der Waals surface area contributed by atoms with Gasteiger partial charge in [0.05, 0.1) is 11.7 Å². The quantitative estimate of drug-likeness (QED) is 0.431. The topological polar surface area (TPSA) is 40.5 Å². The van der Waals surface area contributed by atoms with Gasteiger partial charge < -0.3 is 10.2 Å². The highest BCUT2D eigenvalue weighted by Crippen LogP contribution is 2.66. The van der Waals surface area contributed by atoms with Gasteiger partial charge in [-0.2, -0.15) is 0 Å². The molecule has 0 aliphatic heterocycles. The third-order valence-corrected chi connectivity index (χ3v) is 9.87. The molecule has 3 saturated carbocycles. The van der Waals surface area contributed by atoms with Gasteiger partial charge in [-0.05, 0) is 113 Å². The van der Waals surface area contributed by atoms with E-state index in [1.165, 1.54) is 57.8 Å². The number of rotatable bonds is 5. The summed E-state index contributed by atoms with van der Waals surface area (Å²) in [6, 6.07) is 0. The van der Waals surface area contributed by atoms with Crippen molar-refractivity contribution in [3.8, 4) is 0 Å². The number of aliphatic hydroxyl groups is 2. The van der Waals surface area contributed by atoms with Crippen LogP contribution in [0.25, 0.3) is 0 Å². The predicted octanol–water partition coefficient (Wildman–Crippen LogP) is 6.26. The van der Waals surface area contributed by atoms with Gasteiger partial charge in [0, 0.05) is 0 Å². The summed E-state index contributed by atoms with van der Waals surface area (Å²) >= 11 is 0. The van der Waals surface area contributed by atoms with E-state index in [2.05, 4.69) is 19.9 Å². The van der Waals surface area contributed by atoms with Gasteiger partial charge in [-0.15, -0.1) is 0 Å². The number of aliphatic hydroxyl groups excluding tert-OH is 1. The molecule has 2 N–H and O–H groups in total. The molecule has 0 saturated heterocycles. The van der Waals surface area contributed by atoms with Crippen molar-refractivity contribution in [1.29, 1.82) is 0 Å². The molecule has 0 radical (unpaired) electrons. The van der Waals surface area contributed by atoms with Gasteiger partial charge in [-0.1, -0.05) is 38.3 Å². The van der Waals surface area contributed by atoms with Crippen molar-refractivity contribution in [2.24, 2.45) is 34.5 Å². The third kappa shape index (κ3) is 3.62. The number of allylic oxidation sites excluding steroid dienone is 1. The zero-order chi connectivity index (χ0) is 20.2. The van der Waals surface area contributed by atoms with Crippen LogP contribution in [-0.2, 0) is 0 Å². The van der Waals surface area contributed by atoms with E-state index in [-0.39, 0.29) is 6.10 Å². The average Bonchev–Trinajstić information content (AvgIpc) is 2.95. The Kier molecular flexibility index (Phi) is 5.54. The lowest BCUT2D eigenvalue weighted by Gasteiger charge is -2.58. The molecule has 4 aliphatic carbocycles. The first-order chi connectivity index (χ1) is 13.1. The van der Waals surface area contributed by atoms with Gasteiger partial charge in [0.25, 0.3) is 0 Å². The molecular formula is C26H44O2. The molecule has 3 fully saturated rings. The molecule has 0 bridgehead atoms. The highest BCUT2D eigenvalue weighted by molar-refractivity contribution is 5.25. The van der Waals surface area contributed by atoms with Gasteiger partial charge in [-0.25, -0.2) is 0 Å². The smallest absolute Gasteiger partial charge is 0.0591 e. The summed E-state index contributed by atoms with van der Waals surface area (Å²) < 4.78 is 0. The Morgan fingerprint density at radius 1 is 1.04 bits per heavy atom. The van der Waals surface area contributed by atoms with Crippen molar-refractivity contribution in [1.82, 2.24) is 0 Å². The second kappa shape index (κ2) is 7.41. The molecular weight excluding hydrogens is 344 g/mol. The van der Waals surface area contributed by atoms with E-state index in [0.717, 1.165) is 42.9 Å². The lowest BCUT2D eigenvalue weighted by molar-refractivity contribution is -0.0510. The van der Waals surface area contributed by atoms with Crippen LogP contribution in [-0.4, -0.2) is 21.9 Å². The van der Waals surface area contributed by atoms with E-state index in [1.54, 1.807) is 5.57 Å². The summed E-state index contributed by atoms with van der Waals surface area (Å²) in [5.41, 5.74) is 2.01. The molecule has 0 aromatic carbocycles. The van der Waals surface area contributed by atoms with Crippen LogP contribution < -0.4 is 0 Å². The van der Waals surface area contributed by atoms with Gasteiger partial charge in [0.15, 0.2) is 0 Å². The molecule has 4 rings (SSSR count). The van der Waals surface area contributed by atoms with Gasteiger partial charge in [0.1, 0.15) is 0 Å². The van der Waals surface area contributed by atoms with Crippen LogP contribution in [0.3, 0.4) is 0 Å². The van der Waals surface area contributed by atoms with Crippen LogP contribution in [0.4, 0.5) is 0 Å². The minimum absolute atomic E-state index is 0.0931. The third-order valence-electron chi connectivity index (χ3n) is 9.87. The Bertz CT molecular complexity index is 602. The second-order valence-corrected chi connectivity index (χ2v) is 12.0. The zero-order valence-electron chi connectivity index (χ0n) is 18.8. The van der Waals surface area contributed by atoms with Gasteiger partial charge in [-0.3, -0.25) is 0 Å². The summed E-state index contributed by atoms with van der Waals surface area (Å²) in [6.07, 6.45) is 17.3. The molecule has 160 valence electrons. The highest BCUT2D eigenvalue weighted by Gasteiger charge is 2.58. The SMILES string of the molecule is CC(C)(O)CCCCC1CCC2C3CC=C4CC(O)CCC4(C)C3CC[C@]12C. The molecule has 2 nitrogen and oxygen atoms in total. The highest BCUT2D eigenvalue weighted by atomic mass is 16.3. The van der Waals surface area contributed by atoms with Crippen molar-refractivity contribution >= 4 is 0 Å². The Labute approximate surface area is 173 Å². The van der Waals surface area contributed by atoms with Crippen LogP contribution in [0.1, 0.15) is 105 Å². The summed E-state index contributed by atoms with van der Waals surface area (Å²) in [5, 5.41) is 20.2. The maximum absolute atomic E-state index is 10.2. The van der Waals surface area contributed by atoms with Crippen LogP contribution in [0.5, 0.6) is 0 Å². The first-order valence-corrected chi connectivity index (χ1v) is 12.2. The van der Waals surface area contributed by atoms with E-state index < -0.39 is 5.60 Å². The Hall–Kier alpha value is -0.340. The Balaban J connectivity index is 1.43. The molecule has 0 amide bonds. The molecule has 4 aliphatic rings. The molecule has 2 heteroatoms. The van der Waals surface area contributed by atoms with E-state index >= 15 is 0 Å². The summed E-state index contributed by atoms with van der Waals surface area (Å²) in [7, 11) is 0. The predicted molar refractivity (Wildman–Crippen MR) is 116 cm³/mol. The van der Waals surface area contributed by atoms with E-state index in [1.807, 2.05) is 13.8 Å². The van der Waals surface area contributed by atoms with Crippen molar-refractivity contribution in [3.05, 3.63) is 11.6 Å². The molecule has 7 atom stereocenters. The summed E-state index contributed by atoms with van der Waals surface area (Å²) in [4.78, 5) is 0. The van der Waals surface area contributed by atoms with E-state index in [0.29, 0.717) is 10.8 Å². The fourth-order valence-corrected chi connectivity index (χ4v) is 8.17. The number of hydrogen-bond donors (Lipinski definition) is 2. The lowest BCUT2D eigenvalue weighted by atomic mass is 9.47. The van der Waals surface area contributed by atoms with Crippen LogP contribution in [0, 0.1) is 34.5 Å². The fourth-order valence-electron chi connectivity index (χ4n) is 8.17. The Morgan fingerprint density at radius 3 is 2.57 bits per heavy atom. The number of fused-ring (bicyclic) bond motifs is 5. The zero-order valence-corrected chi connectivity index (χ0v) is 18.8. The lowest BCUT2D eigenvalue weighted by Crippen LogP contribution is -2.50. The standard InChI is InChI=1S/C26H44O2/c1-24(2,28)14-6-5-7-18-9-11-22-21-10-8-19-17-20(27)12-15-26(19,4)23(21)13-16-25(18,22)3/h8,18,20-23,27-28H,5-7,9-17H2,1-4H3/t18?,20?,21?,22?,23?,25-,26?/m1/s1. The van der Waals surface area contributed by atoms with Crippen LogP contribution >= 0.6 is 0 Å². The van der Waals surface area contributed by atoms with Gasteiger partial charge >= 0.3 is 0 Å². The molecule has 0 aromatic heterocycles. The van der Waals surface area contributed by atoms with Crippen LogP contribution in [0.2, 0.25) is 0 Å².